The third-order valence-corrected chi connectivity index (χ3v) is 7.72. The third kappa shape index (κ3) is 6.70. The Morgan fingerprint density at radius 1 is 0.730 bits per heavy atom. The van der Waals surface area contributed by atoms with Crippen LogP contribution in [-0.2, 0) is 9.59 Å². The molecule has 0 radical (unpaired) electrons. The summed E-state index contributed by atoms with van der Waals surface area (Å²) in [6.45, 7) is 5.33. The fourth-order valence-corrected chi connectivity index (χ4v) is 5.60. The molecular formula is C30H38N2O5. The van der Waals surface area contributed by atoms with E-state index in [1.165, 1.54) is 11.1 Å². The molecule has 1 heterocycles. The minimum absolute atomic E-state index is 0.169. The maximum Gasteiger partial charge on any atom is 0.322 e. The van der Waals surface area contributed by atoms with Crippen LogP contribution >= 0.6 is 0 Å². The molecule has 1 saturated heterocycles. The van der Waals surface area contributed by atoms with E-state index in [4.69, 9.17) is 9.47 Å². The van der Waals surface area contributed by atoms with Crippen LogP contribution in [0.3, 0.4) is 0 Å². The highest BCUT2D eigenvalue weighted by molar-refractivity contribution is 6.07. The SMILES string of the molecule is CCOc1ccc(C2CCC(=O)CC2)cc1.CCOc1ccc(C2CCC3(CC2)NC(=O)NC3=O)cc1. The van der Waals surface area contributed by atoms with E-state index in [1.54, 1.807) is 0 Å². The van der Waals surface area contributed by atoms with E-state index < -0.39 is 5.54 Å². The fraction of sp³-hybridized carbons (Fsp3) is 0.500. The van der Waals surface area contributed by atoms with Gasteiger partial charge in [0.2, 0.25) is 0 Å². The summed E-state index contributed by atoms with van der Waals surface area (Å²) in [5, 5.41) is 5.15. The molecule has 198 valence electrons. The van der Waals surface area contributed by atoms with Gasteiger partial charge in [-0.15, -0.1) is 0 Å². The van der Waals surface area contributed by atoms with Crippen LogP contribution in [0.2, 0.25) is 0 Å². The van der Waals surface area contributed by atoms with E-state index in [-0.39, 0.29) is 11.9 Å². The molecule has 2 N–H and O–H groups in total. The lowest BCUT2D eigenvalue weighted by atomic mass is 9.74. The molecule has 7 heteroatoms. The first-order valence-electron chi connectivity index (χ1n) is 13.5. The standard InChI is InChI=1S/C16H20N2O3.C14H18O2/c1-2-21-13-5-3-11(4-6-13)12-7-9-16(10-8-12)14(19)17-15(20)18-16;1-2-16-14-9-5-12(6-10-14)11-3-7-13(15)8-4-11/h3-6,12H,2,7-10H2,1H3,(H2,17,18,19,20);5-6,9-11H,2-4,7-8H2,1H3. The molecule has 3 fully saturated rings. The number of benzene rings is 2. The number of carbonyl (C=O) groups is 3. The highest BCUT2D eigenvalue weighted by Crippen LogP contribution is 2.39. The quantitative estimate of drug-likeness (QED) is 0.495. The number of urea groups is 1. The number of Topliss-reactive ketones (excluding diaryl/α,β-unsaturated/α-hetero) is 1. The van der Waals surface area contributed by atoms with Gasteiger partial charge in [0.15, 0.2) is 0 Å². The number of carbonyl (C=O) groups excluding carboxylic acids is 3. The van der Waals surface area contributed by atoms with Crippen LogP contribution in [0.25, 0.3) is 0 Å². The Kier molecular flexibility index (Phi) is 8.85. The van der Waals surface area contributed by atoms with Crippen LogP contribution in [0.15, 0.2) is 48.5 Å². The van der Waals surface area contributed by atoms with Crippen LogP contribution in [0.1, 0.15) is 88.2 Å². The van der Waals surface area contributed by atoms with Crippen molar-refractivity contribution < 1.29 is 23.9 Å². The van der Waals surface area contributed by atoms with Gasteiger partial charge in [0.1, 0.15) is 22.8 Å². The van der Waals surface area contributed by atoms with Gasteiger partial charge < -0.3 is 14.8 Å². The van der Waals surface area contributed by atoms with Gasteiger partial charge in [0.25, 0.3) is 5.91 Å². The van der Waals surface area contributed by atoms with Crippen molar-refractivity contribution in [1.82, 2.24) is 10.6 Å². The van der Waals surface area contributed by atoms with Gasteiger partial charge in [0.05, 0.1) is 13.2 Å². The van der Waals surface area contributed by atoms with Gasteiger partial charge >= 0.3 is 6.03 Å². The molecule has 0 aromatic heterocycles. The molecule has 2 aliphatic carbocycles. The van der Waals surface area contributed by atoms with Gasteiger partial charge in [0, 0.05) is 12.8 Å². The van der Waals surface area contributed by atoms with Crippen molar-refractivity contribution in [3.8, 4) is 11.5 Å². The number of hydrogen-bond donors (Lipinski definition) is 2. The normalized spacial score (nSPS) is 23.6. The Hall–Kier alpha value is -3.35. The summed E-state index contributed by atoms with van der Waals surface area (Å²) < 4.78 is 10.9. The third-order valence-electron chi connectivity index (χ3n) is 7.72. The van der Waals surface area contributed by atoms with Crippen LogP contribution in [0, 0.1) is 0 Å². The Bertz CT molecular complexity index is 1060. The molecule has 0 atom stereocenters. The van der Waals surface area contributed by atoms with Crippen molar-refractivity contribution in [1.29, 1.82) is 0 Å². The maximum absolute atomic E-state index is 11.9. The largest absolute Gasteiger partial charge is 0.494 e. The predicted molar refractivity (Wildman–Crippen MR) is 142 cm³/mol. The molecule has 0 bridgehead atoms. The van der Waals surface area contributed by atoms with Gasteiger partial charge in [-0.2, -0.15) is 0 Å². The minimum atomic E-state index is -0.668. The summed E-state index contributed by atoms with van der Waals surface area (Å²) in [5.41, 5.74) is 1.95. The molecule has 1 spiro atoms. The summed E-state index contributed by atoms with van der Waals surface area (Å²) >= 11 is 0. The van der Waals surface area contributed by atoms with Crippen molar-refractivity contribution in [2.75, 3.05) is 13.2 Å². The van der Waals surface area contributed by atoms with Crippen LogP contribution in [-0.4, -0.2) is 36.5 Å². The number of nitrogens with one attached hydrogen (secondary N) is 2. The average molecular weight is 507 g/mol. The van der Waals surface area contributed by atoms with E-state index in [9.17, 15) is 14.4 Å². The second-order valence-electron chi connectivity index (χ2n) is 10.1. The lowest BCUT2D eigenvalue weighted by Gasteiger charge is -2.34. The first-order valence-corrected chi connectivity index (χ1v) is 13.5. The van der Waals surface area contributed by atoms with Crippen LogP contribution in [0.4, 0.5) is 4.79 Å². The predicted octanol–water partition coefficient (Wildman–Crippen LogP) is 5.63. The highest BCUT2D eigenvalue weighted by atomic mass is 16.5. The summed E-state index contributed by atoms with van der Waals surface area (Å²) in [6, 6.07) is 16.1. The summed E-state index contributed by atoms with van der Waals surface area (Å²) in [6.07, 6.45) is 6.71. The molecule has 3 aliphatic rings. The number of hydrogen-bond acceptors (Lipinski definition) is 5. The fourth-order valence-electron chi connectivity index (χ4n) is 5.60. The molecule has 2 aromatic rings. The first kappa shape index (κ1) is 26.7. The Labute approximate surface area is 219 Å². The molecular weight excluding hydrogens is 468 g/mol. The van der Waals surface area contributed by atoms with Crippen molar-refractivity contribution in [2.45, 2.75) is 82.6 Å². The lowest BCUT2D eigenvalue weighted by Crippen LogP contribution is -2.49. The Morgan fingerprint density at radius 2 is 1.19 bits per heavy atom. The lowest BCUT2D eigenvalue weighted by molar-refractivity contribution is -0.125. The average Bonchev–Trinajstić information content (AvgIpc) is 3.18. The summed E-state index contributed by atoms with van der Waals surface area (Å²) in [7, 11) is 0. The van der Waals surface area contributed by atoms with Crippen LogP contribution in [0.5, 0.6) is 11.5 Å². The molecule has 0 unspecified atom stereocenters. The topological polar surface area (TPSA) is 93.7 Å². The van der Waals surface area contributed by atoms with Crippen molar-refractivity contribution in [3.05, 3.63) is 59.7 Å². The second kappa shape index (κ2) is 12.3. The molecule has 5 rings (SSSR count). The smallest absolute Gasteiger partial charge is 0.322 e. The van der Waals surface area contributed by atoms with E-state index in [0.29, 0.717) is 43.7 Å². The highest BCUT2D eigenvalue weighted by Gasteiger charge is 2.48. The zero-order chi connectivity index (χ0) is 26.3. The minimum Gasteiger partial charge on any atom is -0.494 e. The van der Waals surface area contributed by atoms with Crippen molar-refractivity contribution in [3.63, 3.8) is 0 Å². The van der Waals surface area contributed by atoms with Gasteiger partial charge in [-0.1, -0.05) is 24.3 Å². The molecule has 2 saturated carbocycles. The maximum atomic E-state index is 11.9. The zero-order valence-electron chi connectivity index (χ0n) is 21.9. The van der Waals surface area contributed by atoms with E-state index >= 15 is 0 Å². The van der Waals surface area contributed by atoms with Crippen molar-refractivity contribution >= 4 is 17.7 Å². The molecule has 7 nitrogen and oxygen atoms in total. The first-order chi connectivity index (χ1) is 17.9. The number of ketones is 1. The van der Waals surface area contributed by atoms with E-state index in [2.05, 4.69) is 34.9 Å². The summed E-state index contributed by atoms with van der Waals surface area (Å²) in [4.78, 5) is 34.4. The number of rotatable bonds is 6. The monoisotopic (exact) mass is 506 g/mol. The van der Waals surface area contributed by atoms with E-state index in [1.807, 2.05) is 38.1 Å². The second-order valence-corrected chi connectivity index (χ2v) is 10.1. The molecule has 37 heavy (non-hydrogen) atoms. The zero-order valence-corrected chi connectivity index (χ0v) is 21.9. The van der Waals surface area contributed by atoms with Gasteiger partial charge in [-0.3, -0.25) is 14.9 Å². The van der Waals surface area contributed by atoms with Crippen molar-refractivity contribution in [2.24, 2.45) is 0 Å². The van der Waals surface area contributed by atoms with Gasteiger partial charge in [-0.05, 0) is 99.6 Å². The van der Waals surface area contributed by atoms with Crippen LogP contribution < -0.4 is 20.1 Å². The van der Waals surface area contributed by atoms with E-state index in [0.717, 1.165) is 50.0 Å². The molecule has 1 aliphatic heterocycles. The van der Waals surface area contributed by atoms with Gasteiger partial charge in [-0.25, -0.2) is 4.79 Å². The summed E-state index contributed by atoms with van der Waals surface area (Å²) in [5.74, 6) is 3.07. The Morgan fingerprint density at radius 3 is 1.59 bits per heavy atom. The number of imide groups is 1. The molecule has 3 amide bonds. The molecule has 2 aromatic carbocycles. The Balaban J connectivity index is 0.000000180. The number of amides is 3. The number of ether oxygens (including phenoxy) is 2.